The van der Waals surface area contributed by atoms with Crippen LogP contribution in [0.4, 0.5) is 4.79 Å². The second-order valence-corrected chi connectivity index (χ2v) is 7.56. The van der Waals surface area contributed by atoms with E-state index in [0.717, 1.165) is 11.3 Å². The van der Waals surface area contributed by atoms with Gasteiger partial charge in [0.05, 0.1) is 38.7 Å². The summed E-state index contributed by atoms with van der Waals surface area (Å²) < 4.78 is 21.2. The van der Waals surface area contributed by atoms with Crippen LogP contribution in [-0.2, 0) is 14.3 Å². The van der Waals surface area contributed by atoms with E-state index in [2.05, 4.69) is 21.2 Å². The van der Waals surface area contributed by atoms with E-state index < -0.39 is 23.9 Å². The fourth-order valence-electron chi connectivity index (χ4n) is 3.45. The lowest BCUT2D eigenvalue weighted by Crippen LogP contribution is -2.45. The van der Waals surface area contributed by atoms with Crippen molar-refractivity contribution in [2.75, 3.05) is 27.4 Å². The lowest BCUT2D eigenvalue weighted by atomic mass is 9.95. The first-order chi connectivity index (χ1) is 17.4. The minimum atomic E-state index is -0.753. The molecular weight excluding hydrogens is 468 g/mol. The molecule has 0 spiro atoms. The van der Waals surface area contributed by atoms with Crippen LogP contribution in [0.5, 0.6) is 17.2 Å². The molecule has 1 heterocycles. The summed E-state index contributed by atoms with van der Waals surface area (Å²) in [5, 5.41) is 9.22. The minimum absolute atomic E-state index is 0.193. The number of benzene rings is 2. The number of nitrogens with zero attached hydrogens (tertiary/aromatic N) is 1. The summed E-state index contributed by atoms with van der Waals surface area (Å²) in [5.74, 6) is 0.318. The van der Waals surface area contributed by atoms with E-state index >= 15 is 0 Å². The maximum absolute atomic E-state index is 12.5. The summed E-state index contributed by atoms with van der Waals surface area (Å²) >= 11 is 0. The molecule has 0 bridgehead atoms. The minimum Gasteiger partial charge on any atom is -0.497 e. The van der Waals surface area contributed by atoms with E-state index in [0.29, 0.717) is 22.8 Å². The zero-order valence-electron chi connectivity index (χ0n) is 20.4. The van der Waals surface area contributed by atoms with E-state index in [1.54, 1.807) is 63.4 Å². The van der Waals surface area contributed by atoms with Gasteiger partial charge in [-0.15, -0.1) is 0 Å². The van der Waals surface area contributed by atoms with E-state index in [-0.39, 0.29) is 18.8 Å². The number of rotatable bonds is 10. The van der Waals surface area contributed by atoms with Crippen LogP contribution < -0.4 is 30.3 Å². The van der Waals surface area contributed by atoms with Crippen molar-refractivity contribution in [2.45, 2.75) is 19.9 Å². The topological polar surface area (TPSA) is 137 Å². The predicted octanol–water partition coefficient (Wildman–Crippen LogP) is 2.42. The van der Waals surface area contributed by atoms with Gasteiger partial charge in [0.1, 0.15) is 5.75 Å². The van der Waals surface area contributed by atoms with Gasteiger partial charge < -0.3 is 29.6 Å². The molecule has 0 aromatic heterocycles. The first-order valence-electron chi connectivity index (χ1n) is 11.1. The number of amides is 3. The third-order valence-electron chi connectivity index (χ3n) is 5.16. The Morgan fingerprint density at radius 2 is 1.83 bits per heavy atom. The first-order valence-corrected chi connectivity index (χ1v) is 11.1. The zero-order chi connectivity index (χ0) is 26.1. The number of hydrogen-bond donors (Lipinski definition) is 3. The molecule has 1 atom stereocenters. The van der Waals surface area contributed by atoms with Gasteiger partial charge in [0.2, 0.25) is 0 Å². The van der Waals surface area contributed by atoms with Gasteiger partial charge in [-0.3, -0.25) is 4.79 Å². The predicted molar refractivity (Wildman–Crippen MR) is 131 cm³/mol. The Bertz CT molecular complexity index is 1180. The van der Waals surface area contributed by atoms with Crippen LogP contribution in [0.1, 0.15) is 31.0 Å². The normalized spacial score (nSPS) is 15.1. The highest BCUT2D eigenvalue weighted by atomic mass is 16.5. The Morgan fingerprint density at radius 3 is 2.50 bits per heavy atom. The van der Waals surface area contributed by atoms with Crippen molar-refractivity contribution in [3.8, 4) is 17.2 Å². The van der Waals surface area contributed by atoms with Crippen molar-refractivity contribution in [2.24, 2.45) is 5.10 Å². The number of hydrazone groups is 1. The molecule has 1 aliphatic rings. The number of carbonyl (C=O) groups is 3. The van der Waals surface area contributed by atoms with E-state index in [1.165, 1.54) is 13.3 Å². The Morgan fingerprint density at radius 1 is 1.08 bits per heavy atom. The molecule has 3 rings (SSSR count). The van der Waals surface area contributed by atoms with Crippen LogP contribution >= 0.6 is 0 Å². The molecule has 0 radical (unpaired) electrons. The Kier molecular flexibility index (Phi) is 8.87. The first kappa shape index (κ1) is 26.1. The average molecular weight is 497 g/mol. The SMILES string of the molecule is CCOC(=O)C1=C(C)NC(=O)N[C@H]1c1ccc(OCC(=O)N/N=C\c2ccc(OC)cc2)c(OC)c1. The molecule has 3 N–H and O–H groups in total. The number of methoxy groups -OCH3 is 2. The number of ether oxygens (including phenoxy) is 4. The summed E-state index contributed by atoms with van der Waals surface area (Å²) in [5.41, 5.74) is 4.42. The quantitative estimate of drug-likeness (QED) is 0.261. The van der Waals surface area contributed by atoms with Gasteiger partial charge in [0.25, 0.3) is 5.91 Å². The zero-order valence-corrected chi connectivity index (χ0v) is 20.4. The van der Waals surface area contributed by atoms with E-state index in [9.17, 15) is 14.4 Å². The Labute approximate surface area is 208 Å². The second-order valence-electron chi connectivity index (χ2n) is 7.56. The van der Waals surface area contributed by atoms with Gasteiger partial charge in [-0.2, -0.15) is 5.10 Å². The van der Waals surface area contributed by atoms with Crippen molar-refractivity contribution in [3.05, 3.63) is 64.9 Å². The van der Waals surface area contributed by atoms with E-state index in [1.807, 2.05) is 0 Å². The lowest BCUT2D eigenvalue weighted by Gasteiger charge is -2.28. The van der Waals surface area contributed by atoms with Crippen molar-refractivity contribution >= 4 is 24.1 Å². The average Bonchev–Trinajstić information content (AvgIpc) is 2.87. The summed E-state index contributed by atoms with van der Waals surface area (Å²) in [7, 11) is 3.02. The van der Waals surface area contributed by atoms with Gasteiger partial charge in [0.15, 0.2) is 18.1 Å². The maximum atomic E-state index is 12.5. The van der Waals surface area contributed by atoms with Crippen LogP contribution in [0.3, 0.4) is 0 Å². The molecule has 11 heteroatoms. The summed E-state index contributed by atoms with van der Waals surface area (Å²) in [6, 6.07) is 10.8. The molecule has 36 heavy (non-hydrogen) atoms. The molecular formula is C25H28N4O7. The molecule has 0 unspecified atom stereocenters. The highest BCUT2D eigenvalue weighted by Crippen LogP contribution is 2.34. The number of urea groups is 1. The monoisotopic (exact) mass is 496 g/mol. The standard InChI is InChI=1S/C25H28N4O7/c1-5-35-24(31)22-15(2)27-25(32)28-23(22)17-8-11-19(20(12-17)34-4)36-14-21(30)29-26-13-16-6-9-18(33-3)10-7-16/h6-13,23H,5,14H2,1-4H3,(H,29,30)(H2,27,28,32)/b26-13-/t23-/m0/s1. The van der Waals surface area contributed by atoms with Crippen LogP contribution in [0, 0.1) is 0 Å². The maximum Gasteiger partial charge on any atom is 0.338 e. The van der Waals surface area contributed by atoms with Crippen molar-refractivity contribution in [1.29, 1.82) is 0 Å². The molecule has 190 valence electrons. The molecule has 0 saturated heterocycles. The Hall–Kier alpha value is -4.54. The molecule has 0 aliphatic carbocycles. The molecule has 0 fully saturated rings. The third-order valence-corrected chi connectivity index (χ3v) is 5.16. The lowest BCUT2D eigenvalue weighted by molar-refractivity contribution is -0.139. The number of allylic oxidation sites excluding steroid dienone is 1. The van der Waals surface area contributed by atoms with Gasteiger partial charge in [-0.1, -0.05) is 6.07 Å². The second kappa shape index (κ2) is 12.2. The Balaban J connectivity index is 1.67. The molecule has 0 saturated carbocycles. The van der Waals surface area contributed by atoms with E-state index in [4.69, 9.17) is 18.9 Å². The molecule has 2 aromatic rings. The van der Waals surface area contributed by atoms with Crippen molar-refractivity contribution < 1.29 is 33.3 Å². The molecule has 2 aromatic carbocycles. The largest absolute Gasteiger partial charge is 0.497 e. The van der Waals surface area contributed by atoms with Crippen LogP contribution in [0.15, 0.2) is 58.8 Å². The smallest absolute Gasteiger partial charge is 0.338 e. The fraction of sp³-hybridized carbons (Fsp3) is 0.280. The van der Waals surface area contributed by atoms with Gasteiger partial charge in [-0.05, 0) is 61.4 Å². The highest BCUT2D eigenvalue weighted by molar-refractivity contribution is 5.95. The summed E-state index contributed by atoms with van der Waals surface area (Å²) in [6.07, 6.45) is 1.50. The number of nitrogens with one attached hydrogen (secondary N) is 3. The van der Waals surface area contributed by atoms with Crippen molar-refractivity contribution in [3.63, 3.8) is 0 Å². The summed E-state index contributed by atoms with van der Waals surface area (Å²) in [6.45, 7) is 3.21. The summed E-state index contributed by atoms with van der Waals surface area (Å²) in [4.78, 5) is 36.7. The van der Waals surface area contributed by atoms with Crippen LogP contribution in [0.2, 0.25) is 0 Å². The van der Waals surface area contributed by atoms with Crippen LogP contribution in [-0.4, -0.2) is 51.6 Å². The van der Waals surface area contributed by atoms with Crippen LogP contribution in [0.25, 0.3) is 0 Å². The molecule has 1 aliphatic heterocycles. The fourth-order valence-corrected chi connectivity index (χ4v) is 3.45. The third kappa shape index (κ3) is 6.53. The van der Waals surface area contributed by atoms with Gasteiger partial charge in [0, 0.05) is 5.70 Å². The molecule has 3 amide bonds. The van der Waals surface area contributed by atoms with Gasteiger partial charge >= 0.3 is 12.0 Å². The number of hydrogen-bond acceptors (Lipinski definition) is 8. The number of carbonyl (C=O) groups excluding carboxylic acids is 3. The van der Waals surface area contributed by atoms with Crippen molar-refractivity contribution in [1.82, 2.24) is 16.1 Å². The number of esters is 1. The molecule has 11 nitrogen and oxygen atoms in total. The highest BCUT2D eigenvalue weighted by Gasteiger charge is 2.32. The van der Waals surface area contributed by atoms with Gasteiger partial charge in [-0.25, -0.2) is 15.0 Å².